The Bertz CT molecular complexity index is 473. The van der Waals surface area contributed by atoms with E-state index >= 15 is 0 Å². The third-order valence-corrected chi connectivity index (χ3v) is 4.01. The van der Waals surface area contributed by atoms with Gasteiger partial charge in [0.25, 0.3) is 5.91 Å². The highest BCUT2D eigenvalue weighted by Crippen LogP contribution is 2.28. The molecule has 1 aromatic carbocycles. The van der Waals surface area contributed by atoms with E-state index in [0.717, 1.165) is 37.0 Å². The zero-order valence-electron chi connectivity index (χ0n) is 12.7. The molecule has 1 fully saturated rings. The number of nitrogens with two attached hydrogens (primary N) is 1. The molecule has 0 saturated heterocycles. The third-order valence-electron chi connectivity index (χ3n) is 4.01. The topological polar surface area (TPSA) is 64.3 Å². The number of aryl methyl sites for hydroxylation is 1. The fourth-order valence-corrected chi connectivity index (χ4v) is 2.74. The first kappa shape index (κ1) is 17.8. The third kappa shape index (κ3) is 4.61. The fraction of sp³-hybridized carbons (Fsp3) is 0.562. The Labute approximate surface area is 132 Å². The van der Waals surface area contributed by atoms with Crippen molar-refractivity contribution in [3.63, 3.8) is 0 Å². The largest absolute Gasteiger partial charge is 0.481 e. The van der Waals surface area contributed by atoms with Gasteiger partial charge in [-0.2, -0.15) is 0 Å². The van der Waals surface area contributed by atoms with Gasteiger partial charge in [0.1, 0.15) is 5.75 Å². The van der Waals surface area contributed by atoms with E-state index in [9.17, 15) is 4.79 Å². The molecule has 1 amide bonds. The summed E-state index contributed by atoms with van der Waals surface area (Å²) in [4.78, 5) is 12.3. The van der Waals surface area contributed by atoms with Crippen LogP contribution in [0, 0.1) is 6.92 Å². The zero-order valence-corrected chi connectivity index (χ0v) is 13.5. The van der Waals surface area contributed by atoms with E-state index in [-0.39, 0.29) is 23.9 Å². The van der Waals surface area contributed by atoms with E-state index in [2.05, 4.69) is 5.32 Å². The van der Waals surface area contributed by atoms with Crippen LogP contribution in [0.3, 0.4) is 0 Å². The molecule has 1 unspecified atom stereocenters. The summed E-state index contributed by atoms with van der Waals surface area (Å²) in [7, 11) is 0. The maximum absolute atomic E-state index is 12.3. The number of hydrogen-bond acceptors (Lipinski definition) is 3. The average molecular weight is 313 g/mol. The van der Waals surface area contributed by atoms with Gasteiger partial charge >= 0.3 is 0 Å². The molecule has 0 radical (unpaired) electrons. The molecule has 1 aliphatic carbocycles. The summed E-state index contributed by atoms with van der Waals surface area (Å²) in [6.07, 6.45) is 3.68. The average Bonchev–Trinajstić information content (AvgIpc) is 2.88. The fourth-order valence-electron chi connectivity index (χ4n) is 2.74. The number of halogens is 1. The molecule has 21 heavy (non-hydrogen) atoms. The Kier molecular flexibility index (Phi) is 6.49. The zero-order chi connectivity index (χ0) is 14.6. The summed E-state index contributed by atoms with van der Waals surface area (Å²) in [6, 6.07) is 7.72. The van der Waals surface area contributed by atoms with Gasteiger partial charge in [0.2, 0.25) is 0 Å². The molecule has 1 atom stereocenters. The molecule has 0 bridgehead atoms. The molecule has 0 aliphatic heterocycles. The second-order valence-electron chi connectivity index (χ2n) is 5.76. The first-order valence-corrected chi connectivity index (χ1v) is 7.30. The molecule has 2 rings (SSSR count). The van der Waals surface area contributed by atoms with Crippen LogP contribution in [0.5, 0.6) is 5.75 Å². The van der Waals surface area contributed by atoms with Crippen LogP contribution in [0.2, 0.25) is 0 Å². The monoisotopic (exact) mass is 312 g/mol. The number of benzene rings is 1. The van der Waals surface area contributed by atoms with Crippen LogP contribution in [0.4, 0.5) is 0 Å². The van der Waals surface area contributed by atoms with Gasteiger partial charge in [0.15, 0.2) is 6.10 Å². The summed E-state index contributed by atoms with van der Waals surface area (Å²) in [5.41, 5.74) is 6.73. The van der Waals surface area contributed by atoms with Crippen LogP contribution < -0.4 is 15.8 Å². The molecule has 0 heterocycles. The summed E-state index contributed by atoms with van der Waals surface area (Å²) < 4.78 is 5.70. The van der Waals surface area contributed by atoms with Crippen LogP contribution in [0.25, 0.3) is 0 Å². The predicted octanol–water partition coefficient (Wildman–Crippen LogP) is 2.57. The smallest absolute Gasteiger partial charge is 0.261 e. The molecule has 1 saturated carbocycles. The predicted molar refractivity (Wildman–Crippen MR) is 86.9 cm³/mol. The molecule has 1 aliphatic rings. The van der Waals surface area contributed by atoms with E-state index < -0.39 is 6.10 Å². The van der Waals surface area contributed by atoms with Gasteiger partial charge in [-0.05, 0) is 44.4 Å². The summed E-state index contributed by atoms with van der Waals surface area (Å²) in [5.74, 6) is 0.639. The van der Waals surface area contributed by atoms with Crippen LogP contribution in [0.1, 0.15) is 38.2 Å². The lowest BCUT2D eigenvalue weighted by molar-refractivity contribution is -0.129. The minimum absolute atomic E-state index is 0. The normalized spacial score (nSPS) is 17.7. The lowest BCUT2D eigenvalue weighted by Crippen LogP contribution is -2.54. The van der Waals surface area contributed by atoms with E-state index in [1.165, 1.54) is 0 Å². The molecule has 1 aromatic rings. The van der Waals surface area contributed by atoms with Crippen molar-refractivity contribution in [3.8, 4) is 5.75 Å². The highest BCUT2D eigenvalue weighted by atomic mass is 35.5. The lowest BCUT2D eigenvalue weighted by Gasteiger charge is -2.30. The van der Waals surface area contributed by atoms with E-state index in [1.54, 1.807) is 6.92 Å². The number of rotatable bonds is 5. The Hall–Kier alpha value is -1.26. The van der Waals surface area contributed by atoms with E-state index in [4.69, 9.17) is 10.5 Å². The Balaban J connectivity index is 0.00000220. The number of carbonyl (C=O) groups is 1. The van der Waals surface area contributed by atoms with Crippen LogP contribution in [-0.2, 0) is 4.79 Å². The van der Waals surface area contributed by atoms with E-state index in [0.29, 0.717) is 6.54 Å². The minimum atomic E-state index is -0.513. The second-order valence-corrected chi connectivity index (χ2v) is 5.76. The first-order valence-electron chi connectivity index (χ1n) is 7.30. The van der Waals surface area contributed by atoms with Crippen molar-refractivity contribution in [2.45, 2.75) is 51.2 Å². The van der Waals surface area contributed by atoms with Crippen molar-refractivity contribution < 1.29 is 9.53 Å². The van der Waals surface area contributed by atoms with Crippen molar-refractivity contribution in [1.82, 2.24) is 5.32 Å². The molecule has 3 N–H and O–H groups in total. The summed E-state index contributed by atoms with van der Waals surface area (Å²) in [6.45, 7) is 4.27. The quantitative estimate of drug-likeness (QED) is 0.878. The number of nitrogens with one attached hydrogen (secondary N) is 1. The standard InChI is InChI=1S/C16H24N2O2.ClH/c1-12-6-5-7-14(10-12)20-13(2)15(19)18-16(11-17)8-3-4-9-16;/h5-7,10,13H,3-4,8-9,11,17H2,1-2H3,(H,18,19);1H. The van der Waals surface area contributed by atoms with Crippen molar-refractivity contribution in [3.05, 3.63) is 29.8 Å². The molecular formula is C16H25ClN2O2. The van der Waals surface area contributed by atoms with Gasteiger partial charge in [-0.25, -0.2) is 0 Å². The lowest BCUT2D eigenvalue weighted by atomic mass is 9.97. The highest BCUT2D eigenvalue weighted by Gasteiger charge is 2.35. The number of carbonyl (C=O) groups excluding carboxylic acids is 1. The summed E-state index contributed by atoms with van der Waals surface area (Å²) >= 11 is 0. The van der Waals surface area contributed by atoms with Crippen LogP contribution in [0.15, 0.2) is 24.3 Å². The van der Waals surface area contributed by atoms with Gasteiger partial charge in [-0.15, -0.1) is 12.4 Å². The van der Waals surface area contributed by atoms with Crippen LogP contribution in [-0.4, -0.2) is 24.1 Å². The maximum atomic E-state index is 12.3. The molecular weight excluding hydrogens is 288 g/mol. The molecule has 0 aromatic heterocycles. The van der Waals surface area contributed by atoms with Gasteiger partial charge < -0.3 is 15.8 Å². The van der Waals surface area contributed by atoms with Crippen molar-refractivity contribution >= 4 is 18.3 Å². The Morgan fingerprint density at radius 1 is 1.43 bits per heavy atom. The minimum Gasteiger partial charge on any atom is -0.481 e. The second kappa shape index (κ2) is 7.66. The van der Waals surface area contributed by atoms with Crippen LogP contribution >= 0.6 is 12.4 Å². The van der Waals surface area contributed by atoms with Crippen molar-refractivity contribution in [2.75, 3.05) is 6.54 Å². The van der Waals surface area contributed by atoms with Gasteiger partial charge in [0.05, 0.1) is 5.54 Å². The molecule has 4 nitrogen and oxygen atoms in total. The number of amides is 1. The van der Waals surface area contributed by atoms with Gasteiger partial charge in [0, 0.05) is 6.54 Å². The van der Waals surface area contributed by atoms with Gasteiger partial charge in [-0.1, -0.05) is 25.0 Å². The Morgan fingerprint density at radius 3 is 2.67 bits per heavy atom. The highest BCUT2D eigenvalue weighted by molar-refractivity contribution is 5.85. The first-order chi connectivity index (χ1) is 9.54. The summed E-state index contributed by atoms with van der Waals surface area (Å²) in [5, 5.41) is 3.09. The number of ether oxygens (including phenoxy) is 1. The van der Waals surface area contributed by atoms with Crippen molar-refractivity contribution in [2.24, 2.45) is 5.73 Å². The number of hydrogen-bond donors (Lipinski definition) is 2. The molecule has 5 heteroatoms. The molecule has 0 spiro atoms. The van der Waals surface area contributed by atoms with Gasteiger partial charge in [-0.3, -0.25) is 4.79 Å². The Morgan fingerprint density at radius 2 is 2.10 bits per heavy atom. The van der Waals surface area contributed by atoms with E-state index in [1.807, 2.05) is 31.2 Å². The maximum Gasteiger partial charge on any atom is 0.261 e. The van der Waals surface area contributed by atoms with Crippen molar-refractivity contribution in [1.29, 1.82) is 0 Å². The molecule has 118 valence electrons. The SMILES string of the molecule is Cc1cccc(OC(C)C(=O)NC2(CN)CCCC2)c1.Cl.